The fourth-order valence-corrected chi connectivity index (χ4v) is 7.07. The molecule has 2 aromatic carbocycles. The Hall–Kier alpha value is -6.70. The second-order valence-electron chi connectivity index (χ2n) is 15.0. The largest absolute Gasteiger partial charge is 0.476 e. The summed E-state index contributed by atoms with van der Waals surface area (Å²) in [5, 5.41) is 18.3. The summed E-state index contributed by atoms with van der Waals surface area (Å²) in [4.78, 5) is 72.5. The van der Waals surface area contributed by atoms with Crippen LogP contribution in [0.15, 0.2) is 60.9 Å². The maximum Gasteiger partial charge on any atom is 0.271 e. The molecule has 2 unspecified atom stereocenters. The van der Waals surface area contributed by atoms with Crippen molar-refractivity contribution in [2.24, 2.45) is 0 Å². The molecule has 8 rings (SSSR count). The number of aliphatic hydroxyl groups is 1. The summed E-state index contributed by atoms with van der Waals surface area (Å²) in [6, 6.07) is 14.2. The molecule has 2 saturated heterocycles. The number of anilines is 4. The lowest BCUT2D eigenvalue weighted by molar-refractivity contribution is -0.136. The van der Waals surface area contributed by atoms with Crippen molar-refractivity contribution in [2.75, 3.05) is 85.9 Å². The molecule has 19 heteroatoms. The number of fused-ring (bicyclic) bond motifs is 2. The first-order valence-corrected chi connectivity index (χ1v) is 20.2. The number of aromatic nitrogens is 8. The topological polar surface area (TPSA) is 222 Å². The molecule has 2 atom stereocenters. The van der Waals surface area contributed by atoms with Crippen molar-refractivity contribution in [2.45, 2.75) is 39.9 Å². The van der Waals surface area contributed by atoms with Crippen LogP contribution in [-0.4, -0.2) is 139 Å². The summed E-state index contributed by atoms with van der Waals surface area (Å²) < 4.78 is 12.7. The van der Waals surface area contributed by atoms with E-state index in [2.05, 4.69) is 60.6 Å². The Morgan fingerprint density at radius 1 is 0.639 bits per heavy atom. The minimum atomic E-state index is -1.56. The van der Waals surface area contributed by atoms with E-state index in [4.69, 9.17) is 19.4 Å². The molecule has 2 aliphatic heterocycles. The molecular weight excluding hydrogens is 781 g/mol. The van der Waals surface area contributed by atoms with Crippen LogP contribution < -0.4 is 35.2 Å². The third-order valence-electron chi connectivity index (χ3n) is 10.5. The van der Waals surface area contributed by atoms with Gasteiger partial charge in [0.1, 0.15) is 22.5 Å². The van der Waals surface area contributed by atoms with Gasteiger partial charge in [-0.15, -0.1) is 0 Å². The number of ether oxygens (including phenoxy) is 2. The van der Waals surface area contributed by atoms with Gasteiger partial charge in [-0.25, -0.2) is 29.9 Å². The van der Waals surface area contributed by atoms with E-state index in [9.17, 15) is 14.7 Å². The average Bonchev–Trinajstić information content (AvgIpc) is 3.27. The number of amides is 2. The number of piperazine rings is 2. The zero-order valence-corrected chi connectivity index (χ0v) is 34.5. The van der Waals surface area contributed by atoms with Gasteiger partial charge in [0.05, 0.1) is 30.4 Å². The van der Waals surface area contributed by atoms with Crippen molar-refractivity contribution < 1.29 is 24.2 Å². The number of aryl methyl sites for hydroxylation is 4. The Labute approximate surface area is 352 Å². The Bertz CT molecular complexity index is 2510. The van der Waals surface area contributed by atoms with E-state index in [1.807, 2.05) is 52.0 Å². The summed E-state index contributed by atoms with van der Waals surface area (Å²) >= 11 is 0. The van der Waals surface area contributed by atoms with Crippen LogP contribution in [0.1, 0.15) is 22.5 Å². The molecule has 61 heavy (non-hydrogen) atoms. The summed E-state index contributed by atoms with van der Waals surface area (Å²) in [5.74, 6) is 0.502. The van der Waals surface area contributed by atoms with Crippen molar-refractivity contribution in [1.82, 2.24) is 50.1 Å². The lowest BCUT2D eigenvalue weighted by Crippen LogP contribution is -2.51. The Morgan fingerprint density at radius 2 is 1.08 bits per heavy atom. The van der Waals surface area contributed by atoms with Gasteiger partial charge in [0, 0.05) is 58.9 Å². The second kappa shape index (κ2) is 18.3. The molecule has 2 aliphatic rings. The van der Waals surface area contributed by atoms with Gasteiger partial charge in [0.15, 0.2) is 22.9 Å². The number of nitrogens with zero attached hydrogens (tertiary/aromatic N) is 11. The van der Waals surface area contributed by atoms with Crippen molar-refractivity contribution in [1.29, 1.82) is 0 Å². The van der Waals surface area contributed by atoms with Crippen LogP contribution in [-0.2, 0) is 9.59 Å². The van der Waals surface area contributed by atoms with Crippen LogP contribution in [0.4, 0.5) is 23.5 Å². The summed E-state index contributed by atoms with van der Waals surface area (Å²) in [6.45, 7) is 14.4. The Morgan fingerprint density at radius 3 is 1.52 bits per heavy atom. The number of benzene rings is 2. The zero-order valence-electron chi connectivity index (χ0n) is 34.5. The third kappa shape index (κ3) is 9.69. The lowest BCUT2D eigenvalue weighted by Gasteiger charge is -2.34. The number of β-amino-alcohol motifs (C(OH)–C–C–N with tert-alkyl or cyclic N) is 1. The molecule has 2 fully saturated rings. The summed E-state index contributed by atoms with van der Waals surface area (Å²) in [6.07, 6.45) is -0.319. The number of carbonyl (C=O) groups is 2. The Balaban J connectivity index is 1.08. The van der Waals surface area contributed by atoms with E-state index in [0.717, 1.165) is 50.4 Å². The maximum atomic E-state index is 14.5. The molecule has 316 valence electrons. The van der Waals surface area contributed by atoms with Crippen molar-refractivity contribution in [3.8, 4) is 11.5 Å². The van der Waals surface area contributed by atoms with Crippen LogP contribution in [0.5, 0.6) is 11.5 Å². The highest BCUT2D eigenvalue weighted by atomic mass is 16.6. The van der Waals surface area contributed by atoms with Gasteiger partial charge in [-0.1, -0.05) is 35.4 Å². The van der Waals surface area contributed by atoms with E-state index >= 15 is 0 Å². The molecule has 2 amide bonds. The number of hydrogen-bond acceptors (Lipinski definition) is 17. The van der Waals surface area contributed by atoms with Crippen LogP contribution in [0, 0.1) is 27.7 Å². The van der Waals surface area contributed by atoms with Gasteiger partial charge >= 0.3 is 0 Å². The van der Waals surface area contributed by atoms with E-state index in [1.165, 1.54) is 12.4 Å². The standard InChI is InChI=1S/C42H48N14O5/c1-25-5-9-29(10-6-25)60-35(39(58)50-31-23-44-37-33(48-31)27(3)46-41(52-37)55-15-13-43-14-16-55)36(61-30-11-7-26(2)8-12-30)40(59)51-32-24-45-38-34(49-32)28(4)47-42(53-38)56-19-17-54(18-20-56)21-22-57/h5-12,23-24,35-36,43,57H,13-22H2,1-4H3,(H,48,50,58)(H,49,51,59). The van der Waals surface area contributed by atoms with Gasteiger partial charge < -0.3 is 40.3 Å². The summed E-state index contributed by atoms with van der Waals surface area (Å²) in [7, 11) is 0. The van der Waals surface area contributed by atoms with E-state index in [1.54, 1.807) is 24.3 Å². The average molecular weight is 829 g/mol. The highest BCUT2D eigenvalue weighted by Gasteiger charge is 2.39. The van der Waals surface area contributed by atoms with E-state index < -0.39 is 24.0 Å². The van der Waals surface area contributed by atoms with Gasteiger partial charge in [0.2, 0.25) is 24.1 Å². The summed E-state index contributed by atoms with van der Waals surface area (Å²) in [5.41, 5.74) is 4.69. The SMILES string of the molecule is Cc1ccc(OC(C(=O)Nc2cnc3nc(N4CCNCC4)nc(C)c3n2)C(Oc2ccc(C)cc2)C(=O)Nc2cnc3nc(N4CCN(CCO)CC4)nc(C)c3n2)cc1. The molecule has 0 saturated carbocycles. The molecule has 0 radical (unpaired) electrons. The number of nitrogens with one attached hydrogen (secondary N) is 3. The smallest absolute Gasteiger partial charge is 0.271 e. The fourth-order valence-electron chi connectivity index (χ4n) is 7.07. The minimum Gasteiger partial charge on any atom is -0.476 e. The van der Waals surface area contributed by atoms with Crippen LogP contribution in [0.25, 0.3) is 22.3 Å². The van der Waals surface area contributed by atoms with Crippen molar-refractivity contribution >= 4 is 57.7 Å². The molecule has 4 aromatic heterocycles. The first-order valence-electron chi connectivity index (χ1n) is 20.2. The molecule has 6 aromatic rings. The zero-order chi connectivity index (χ0) is 42.5. The normalized spacial score (nSPS) is 15.7. The molecule has 0 bridgehead atoms. The number of carbonyl (C=O) groups excluding carboxylic acids is 2. The molecule has 0 aliphatic carbocycles. The predicted molar refractivity (Wildman–Crippen MR) is 229 cm³/mol. The number of rotatable bonds is 13. The molecule has 4 N–H and O–H groups in total. The van der Waals surface area contributed by atoms with Crippen LogP contribution in [0.2, 0.25) is 0 Å². The van der Waals surface area contributed by atoms with E-state index in [0.29, 0.717) is 76.7 Å². The molecular formula is C42H48N14O5. The Kier molecular flexibility index (Phi) is 12.3. The highest BCUT2D eigenvalue weighted by Crippen LogP contribution is 2.24. The quantitative estimate of drug-likeness (QED) is 0.131. The van der Waals surface area contributed by atoms with Gasteiger partial charge in [-0.3, -0.25) is 14.5 Å². The van der Waals surface area contributed by atoms with Gasteiger partial charge in [-0.2, -0.15) is 9.97 Å². The third-order valence-corrected chi connectivity index (χ3v) is 10.5. The first kappa shape index (κ1) is 41.1. The van der Waals surface area contributed by atoms with Gasteiger partial charge in [-0.05, 0) is 52.0 Å². The predicted octanol–water partition coefficient (Wildman–Crippen LogP) is 2.38. The molecule has 6 heterocycles. The number of aliphatic hydroxyl groups excluding tert-OH is 1. The fraction of sp³-hybridized carbons (Fsp3) is 0.381. The first-order chi connectivity index (χ1) is 29.6. The maximum absolute atomic E-state index is 14.5. The second-order valence-corrected chi connectivity index (χ2v) is 15.0. The van der Waals surface area contributed by atoms with Crippen LogP contribution in [0.3, 0.4) is 0 Å². The minimum absolute atomic E-state index is 0.0950. The van der Waals surface area contributed by atoms with E-state index in [-0.39, 0.29) is 18.2 Å². The van der Waals surface area contributed by atoms with Crippen LogP contribution >= 0.6 is 0 Å². The van der Waals surface area contributed by atoms with Crippen molar-refractivity contribution in [3.63, 3.8) is 0 Å². The lowest BCUT2D eigenvalue weighted by atomic mass is 10.1. The molecule has 19 nitrogen and oxygen atoms in total. The number of hydrogen-bond donors (Lipinski definition) is 4. The van der Waals surface area contributed by atoms with Gasteiger partial charge in [0.25, 0.3) is 11.8 Å². The highest BCUT2D eigenvalue weighted by molar-refractivity contribution is 6.02. The molecule has 0 spiro atoms. The monoisotopic (exact) mass is 828 g/mol. The van der Waals surface area contributed by atoms with Crippen molar-refractivity contribution in [3.05, 3.63) is 83.4 Å².